The van der Waals surface area contributed by atoms with Crippen LogP contribution in [0, 0.1) is 12.8 Å². The highest BCUT2D eigenvalue weighted by Crippen LogP contribution is 2.26. The molecule has 34 heavy (non-hydrogen) atoms. The molecule has 0 spiro atoms. The summed E-state index contributed by atoms with van der Waals surface area (Å²) in [5.41, 5.74) is 1.35. The molecule has 0 aliphatic carbocycles. The molecule has 0 radical (unpaired) electrons. The van der Waals surface area contributed by atoms with Crippen molar-refractivity contribution in [1.29, 1.82) is 0 Å². The Hall–Kier alpha value is -2.01. The summed E-state index contributed by atoms with van der Waals surface area (Å²) in [6, 6.07) is 4.94. The highest BCUT2D eigenvalue weighted by molar-refractivity contribution is 7.89. The number of nitrogens with zero attached hydrogens (tertiary/aromatic N) is 3. The number of morpholine rings is 1. The molecule has 3 aliphatic heterocycles. The molecule has 3 saturated heterocycles. The molecule has 4 rings (SSSR count). The Bertz CT molecular complexity index is 979. The van der Waals surface area contributed by atoms with Crippen LogP contribution in [0.2, 0.25) is 0 Å². The SMILES string of the molecule is Cc1ccc(S(=O)(=O)N2CCCCC2)cc1NC(=O)CN1CCC(C(=O)N2CCOCC2)CC1. The lowest BCUT2D eigenvalue weighted by atomic mass is 9.95. The summed E-state index contributed by atoms with van der Waals surface area (Å²) < 4.78 is 32.9. The number of anilines is 1. The third-order valence-electron chi connectivity index (χ3n) is 7.06. The summed E-state index contributed by atoms with van der Waals surface area (Å²) in [5.74, 6) is 0.0414. The molecular formula is C24H36N4O5S. The maximum Gasteiger partial charge on any atom is 0.243 e. The number of likely N-dealkylation sites (tertiary alicyclic amines) is 1. The predicted molar refractivity (Wildman–Crippen MR) is 129 cm³/mol. The van der Waals surface area contributed by atoms with Gasteiger partial charge in [0.2, 0.25) is 21.8 Å². The maximum absolute atomic E-state index is 13.0. The van der Waals surface area contributed by atoms with Gasteiger partial charge in [0.1, 0.15) is 0 Å². The zero-order chi connectivity index (χ0) is 24.1. The van der Waals surface area contributed by atoms with Gasteiger partial charge in [-0.15, -0.1) is 0 Å². The average molecular weight is 493 g/mol. The van der Waals surface area contributed by atoms with Crippen LogP contribution in [0.1, 0.15) is 37.7 Å². The van der Waals surface area contributed by atoms with Crippen molar-refractivity contribution in [2.75, 3.05) is 64.3 Å². The number of rotatable bonds is 6. The highest BCUT2D eigenvalue weighted by Gasteiger charge is 2.30. The highest BCUT2D eigenvalue weighted by atomic mass is 32.2. The van der Waals surface area contributed by atoms with Crippen molar-refractivity contribution in [3.8, 4) is 0 Å². The maximum atomic E-state index is 13.0. The first-order valence-electron chi connectivity index (χ1n) is 12.3. The summed E-state index contributed by atoms with van der Waals surface area (Å²) in [7, 11) is -3.56. The Balaban J connectivity index is 1.31. The lowest BCUT2D eigenvalue weighted by Crippen LogP contribution is -2.47. The van der Waals surface area contributed by atoms with Crippen LogP contribution >= 0.6 is 0 Å². The van der Waals surface area contributed by atoms with Gasteiger partial charge in [-0.3, -0.25) is 14.5 Å². The van der Waals surface area contributed by atoms with E-state index < -0.39 is 10.0 Å². The fourth-order valence-corrected chi connectivity index (χ4v) is 6.47. The number of hydrogen-bond donors (Lipinski definition) is 1. The van der Waals surface area contributed by atoms with Gasteiger partial charge in [-0.05, 0) is 63.4 Å². The van der Waals surface area contributed by atoms with Crippen LogP contribution in [-0.4, -0.2) is 93.4 Å². The minimum Gasteiger partial charge on any atom is -0.378 e. The van der Waals surface area contributed by atoms with Gasteiger partial charge in [-0.1, -0.05) is 12.5 Å². The van der Waals surface area contributed by atoms with E-state index in [4.69, 9.17) is 4.74 Å². The number of benzene rings is 1. The number of carbonyl (C=O) groups excluding carboxylic acids is 2. The molecule has 3 fully saturated rings. The smallest absolute Gasteiger partial charge is 0.243 e. The monoisotopic (exact) mass is 492 g/mol. The molecular weight excluding hydrogens is 456 g/mol. The Labute approximate surface area is 202 Å². The molecule has 0 bridgehead atoms. The van der Waals surface area contributed by atoms with Crippen molar-refractivity contribution in [1.82, 2.24) is 14.1 Å². The summed E-state index contributed by atoms with van der Waals surface area (Å²) in [6.45, 7) is 7.07. The first-order chi connectivity index (χ1) is 16.3. The number of nitrogens with one attached hydrogen (secondary N) is 1. The number of sulfonamides is 1. The molecule has 1 N–H and O–H groups in total. The number of ether oxygens (including phenoxy) is 1. The predicted octanol–water partition coefficient (Wildman–Crippen LogP) is 1.68. The van der Waals surface area contributed by atoms with Gasteiger partial charge < -0.3 is 15.0 Å². The molecule has 0 aromatic heterocycles. The van der Waals surface area contributed by atoms with Gasteiger partial charge in [0, 0.05) is 37.8 Å². The van der Waals surface area contributed by atoms with Crippen LogP contribution in [0.4, 0.5) is 5.69 Å². The van der Waals surface area contributed by atoms with E-state index >= 15 is 0 Å². The minimum atomic E-state index is -3.56. The van der Waals surface area contributed by atoms with E-state index in [9.17, 15) is 18.0 Å². The Kier molecular flexibility index (Phi) is 8.23. The van der Waals surface area contributed by atoms with E-state index in [0.717, 1.165) is 37.7 Å². The number of hydrogen-bond acceptors (Lipinski definition) is 6. The normalized spacial score (nSPS) is 21.4. The number of piperidine rings is 2. The number of aryl methyl sites for hydroxylation is 1. The number of amides is 2. The average Bonchev–Trinajstić information content (AvgIpc) is 2.86. The topological polar surface area (TPSA) is 99.3 Å². The van der Waals surface area contributed by atoms with E-state index in [2.05, 4.69) is 10.2 Å². The molecule has 1 aromatic carbocycles. The van der Waals surface area contributed by atoms with Crippen molar-refractivity contribution < 1.29 is 22.7 Å². The lowest BCUT2D eigenvalue weighted by molar-refractivity contribution is -0.141. The second-order valence-corrected chi connectivity index (χ2v) is 11.4. The first kappa shape index (κ1) is 25.1. The summed E-state index contributed by atoms with van der Waals surface area (Å²) in [4.78, 5) is 29.6. The Morgan fingerprint density at radius 2 is 1.68 bits per heavy atom. The molecule has 1 aromatic rings. The van der Waals surface area contributed by atoms with Crippen molar-refractivity contribution in [2.24, 2.45) is 5.92 Å². The Morgan fingerprint density at radius 1 is 1.00 bits per heavy atom. The lowest BCUT2D eigenvalue weighted by Gasteiger charge is -2.35. The summed E-state index contributed by atoms with van der Waals surface area (Å²) in [5, 5.41) is 2.91. The molecule has 3 aliphatic rings. The summed E-state index contributed by atoms with van der Waals surface area (Å²) >= 11 is 0. The molecule has 188 valence electrons. The second kappa shape index (κ2) is 11.2. The summed E-state index contributed by atoms with van der Waals surface area (Å²) in [6.07, 6.45) is 4.30. The van der Waals surface area contributed by atoms with Gasteiger partial charge >= 0.3 is 0 Å². The van der Waals surface area contributed by atoms with Crippen LogP contribution in [-0.2, 0) is 24.3 Å². The van der Waals surface area contributed by atoms with E-state index in [0.29, 0.717) is 58.2 Å². The van der Waals surface area contributed by atoms with Gasteiger partial charge in [0.25, 0.3) is 0 Å². The van der Waals surface area contributed by atoms with Crippen LogP contribution < -0.4 is 5.32 Å². The molecule has 2 amide bonds. The van der Waals surface area contributed by atoms with Crippen molar-refractivity contribution in [3.05, 3.63) is 23.8 Å². The quantitative estimate of drug-likeness (QED) is 0.649. The molecule has 0 unspecified atom stereocenters. The molecule has 0 saturated carbocycles. The first-order valence-corrected chi connectivity index (χ1v) is 13.8. The number of carbonyl (C=O) groups is 2. The molecule has 0 atom stereocenters. The van der Waals surface area contributed by atoms with E-state index in [1.165, 1.54) is 4.31 Å². The second-order valence-electron chi connectivity index (χ2n) is 9.48. The van der Waals surface area contributed by atoms with Crippen molar-refractivity contribution >= 4 is 27.5 Å². The minimum absolute atomic E-state index is 0.0105. The van der Waals surface area contributed by atoms with Gasteiger partial charge in [-0.2, -0.15) is 4.31 Å². The van der Waals surface area contributed by atoms with Crippen LogP contribution in [0.25, 0.3) is 0 Å². The van der Waals surface area contributed by atoms with Gasteiger partial charge in [0.05, 0.1) is 24.7 Å². The largest absolute Gasteiger partial charge is 0.378 e. The van der Waals surface area contributed by atoms with E-state index in [-0.39, 0.29) is 29.2 Å². The third kappa shape index (κ3) is 5.97. The van der Waals surface area contributed by atoms with Crippen LogP contribution in [0.3, 0.4) is 0 Å². The van der Waals surface area contributed by atoms with Crippen molar-refractivity contribution in [3.63, 3.8) is 0 Å². The molecule has 10 heteroatoms. The van der Waals surface area contributed by atoms with Crippen LogP contribution in [0.15, 0.2) is 23.1 Å². The molecule has 3 heterocycles. The zero-order valence-corrected chi connectivity index (χ0v) is 20.8. The van der Waals surface area contributed by atoms with Gasteiger partial charge in [-0.25, -0.2) is 8.42 Å². The Morgan fingerprint density at radius 3 is 2.35 bits per heavy atom. The van der Waals surface area contributed by atoms with E-state index in [1.54, 1.807) is 18.2 Å². The standard InChI is InChI=1S/C24H36N4O5S/c1-19-5-6-21(34(31,32)28-9-3-2-4-10-28)17-22(19)25-23(29)18-26-11-7-20(8-12-26)24(30)27-13-15-33-16-14-27/h5-6,17,20H,2-4,7-16,18H2,1H3,(H,25,29). The van der Waals surface area contributed by atoms with Gasteiger partial charge in [0.15, 0.2) is 0 Å². The third-order valence-corrected chi connectivity index (χ3v) is 8.96. The molecule has 9 nitrogen and oxygen atoms in total. The fourth-order valence-electron chi connectivity index (χ4n) is 4.92. The van der Waals surface area contributed by atoms with Crippen LogP contribution in [0.5, 0.6) is 0 Å². The fraction of sp³-hybridized carbons (Fsp3) is 0.667. The van der Waals surface area contributed by atoms with E-state index in [1.807, 2.05) is 11.8 Å². The zero-order valence-electron chi connectivity index (χ0n) is 20.0. The van der Waals surface area contributed by atoms with Crippen molar-refractivity contribution in [2.45, 2.75) is 43.9 Å².